The minimum absolute atomic E-state index is 0.157. The van der Waals surface area contributed by atoms with Gasteiger partial charge < -0.3 is 26.0 Å². The molecule has 5 rings (SSSR count). The lowest BCUT2D eigenvalue weighted by Gasteiger charge is -2.35. The molecular weight excluding hydrogens is 520 g/mol. The SMILES string of the molecule is C=CN(c1ccc(C(=O)CCN2CCOCC2)cn1)C1CCC1.CNC(=O)c1ccc(C(N)=O)c(NCC2CC2)c1. The van der Waals surface area contributed by atoms with Gasteiger partial charge in [-0.25, -0.2) is 4.98 Å². The number of Topliss-reactive ketones (excluding diaryl/α,β-unsaturated/α-hetero) is 1. The van der Waals surface area contributed by atoms with Crippen LogP contribution in [0.3, 0.4) is 0 Å². The minimum Gasteiger partial charge on any atom is -0.384 e. The first kappa shape index (κ1) is 30.2. The largest absolute Gasteiger partial charge is 0.384 e. The topological polar surface area (TPSA) is 130 Å². The van der Waals surface area contributed by atoms with E-state index in [1.54, 1.807) is 31.4 Å². The molecule has 0 atom stereocenters. The number of carbonyl (C=O) groups is 3. The summed E-state index contributed by atoms with van der Waals surface area (Å²) in [5.41, 5.74) is 7.58. The molecule has 4 N–H and O–H groups in total. The van der Waals surface area contributed by atoms with E-state index in [0.717, 1.165) is 45.2 Å². The highest BCUT2D eigenvalue weighted by Gasteiger charge is 2.24. The van der Waals surface area contributed by atoms with Crippen LogP contribution >= 0.6 is 0 Å². The Morgan fingerprint density at radius 1 is 1.12 bits per heavy atom. The van der Waals surface area contributed by atoms with Gasteiger partial charge in [0.15, 0.2) is 5.78 Å². The van der Waals surface area contributed by atoms with Crippen LogP contribution in [0.2, 0.25) is 0 Å². The highest BCUT2D eigenvalue weighted by molar-refractivity contribution is 6.02. The molecule has 2 saturated carbocycles. The maximum atomic E-state index is 12.3. The van der Waals surface area contributed by atoms with Gasteiger partial charge in [-0.15, -0.1) is 0 Å². The Morgan fingerprint density at radius 2 is 1.85 bits per heavy atom. The molecule has 1 aromatic heterocycles. The van der Waals surface area contributed by atoms with Crippen LogP contribution in [0.1, 0.15) is 69.6 Å². The van der Waals surface area contributed by atoms with Gasteiger partial charge >= 0.3 is 0 Å². The second-order valence-electron chi connectivity index (χ2n) is 10.7. The third-order valence-electron chi connectivity index (χ3n) is 7.81. The Hall–Kier alpha value is -3.76. The van der Waals surface area contributed by atoms with Crippen molar-refractivity contribution in [3.63, 3.8) is 0 Å². The van der Waals surface area contributed by atoms with Crippen molar-refractivity contribution in [2.45, 2.75) is 44.6 Å². The molecular formula is C31H42N6O4. The lowest BCUT2D eigenvalue weighted by Crippen LogP contribution is -2.37. The van der Waals surface area contributed by atoms with Crippen molar-refractivity contribution < 1.29 is 19.1 Å². The van der Waals surface area contributed by atoms with Crippen molar-refractivity contribution in [3.05, 3.63) is 66.0 Å². The van der Waals surface area contributed by atoms with Crippen LogP contribution in [0.5, 0.6) is 0 Å². The van der Waals surface area contributed by atoms with Gasteiger partial charge in [-0.05, 0) is 74.6 Å². The van der Waals surface area contributed by atoms with Crippen LogP contribution in [0.15, 0.2) is 49.3 Å². The van der Waals surface area contributed by atoms with E-state index >= 15 is 0 Å². The van der Waals surface area contributed by atoms with Gasteiger partial charge in [-0.2, -0.15) is 0 Å². The van der Waals surface area contributed by atoms with Gasteiger partial charge in [0, 0.05) is 68.7 Å². The number of nitrogens with zero attached hydrogens (tertiary/aromatic N) is 3. The summed E-state index contributed by atoms with van der Waals surface area (Å²) in [5, 5.41) is 5.75. The average molecular weight is 563 g/mol. The van der Waals surface area contributed by atoms with Gasteiger partial charge in [-0.1, -0.05) is 6.58 Å². The van der Waals surface area contributed by atoms with Crippen molar-refractivity contribution >= 4 is 29.1 Å². The first-order valence-electron chi connectivity index (χ1n) is 14.5. The summed E-state index contributed by atoms with van der Waals surface area (Å²) in [4.78, 5) is 44.0. The van der Waals surface area contributed by atoms with Crippen LogP contribution in [-0.4, -0.2) is 80.0 Å². The Balaban J connectivity index is 0.000000195. The zero-order chi connectivity index (χ0) is 29.2. The lowest BCUT2D eigenvalue weighted by atomic mass is 9.92. The number of hydrogen-bond acceptors (Lipinski definition) is 8. The number of nitrogens with two attached hydrogens (primary N) is 1. The van der Waals surface area contributed by atoms with E-state index in [4.69, 9.17) is 10.5 Å². The number of amides is 2. The fourth-order valence-electron chi connectivity index (χ4n) is 4.79. The Bertz CT molecular complexity index is 1200. The highest BCUT2D eigenvalue weighted by atomic mass is 16.5. The molecule has 2 amide bonds. The van der Waals surface area contributed by atoms with Crippen molar-refractivity contribution in [2.24, 2.45) is 11.7 Å². The Kier molecular flexibility index (Phi) is 10.9. The van der Waals surface area contributed by atoms with Crippen molar-refractivity contribution in [1.82, 2.24) is 15.2 Å². The second kappa shape index (κ2) is 14.7. The van der Waals surface area contributed by atoms with E-state index in [1.807, 2.05) is 18.3 Å². The molecule has 1 aliphatic heterocycles. The average Bonchev–Trinajstić information content (AvgIpc) is 3.81. The van der Waals surface area contributed by atoms with Gasteiger partial charge in [0.05, 0.1) is 18.8 Å². The van der Waals surface area contributed by atoms with Crippen LogP contribution in [0.4, 0.5) is 11.5 Å². The van der Waals surface area contributed by atoms with Crippen molar-refractivity contribution in [1.29, 1.82) is 0 Å². The summed E-state index contributed by atoms with van der Waals surface area (Å²) in [6.45, 7) is 8.86. The second-order valence-corrected chi connectivity index (χ2v) is 10.7. The molecule has 0 bridgehead atoms. The van der Waals surface area contributed by atoms with Crippen LogP contribution in [0.25, 0.3) is 0 Å². The Labute approximate surface area is 242 Å². The van der Waals surface area contributed by atoms with E-state index in [0.29, 0.717) is 40.8 Å². The van der Waals surface area contributed by atoms with E-state index < -0.39 is 5.91 Å². The number of aromatic nitrogens is 1. The predicted octanol–water partition coefficient (Wildman–Crippen LogP) is 3.46. The zero-order valence-corrected chi connectivity index (χ0v) is 23.9. The lowest BCUT2D eigenvalue weighted by molar-refractivity contribution is 0.0370. The molecule has 3 aliphatic rings. The number of morpholine rings is 1. The minimum atomic E-state index is -0.489. The monoisotopic (exact) mass is 562 g/mol. The number of hydrogen-bond donors (Lipinski definition) is 3. The smallest absolute Gasteiger partial charge is 0.251 e. The normalized spacial score (nSPS) is 16.9. The predicted molar refractivity (Wildman–Crippen MR) is 160 cm³/mol. The number of rotatable bonds is 12. The molecule has 1 aromatic carbocycles. The van der Waals surface area contributed by atoms with Crippen molar-refractivity contribution in [3.8, 4) is 0 Å². The number of ether oxygens (including phenoxy) is 1. The molecule has 10 heteroatoms. The first-order chi connectivity index (χ1) is 19.9. The van der Waals surface area contributed by atoms with Gasteiger partial charge in [-0.3, -0.25) is 19.3 Å². The van der Waals surface area contributed by atoms with Crippen LogP contribution in [0, 0.1) is 5.92 Å². The van der Waals surface area contributed by atoms with Crippen LogP contribution < -0.4 is 21.3 Å². The van der Waals surface area contributed by atoms with Crippen molar-refractivity contribution in [2.75, 3.05) is 56.7 Å². The number of carbonyl (C=O) groups excluding carboxylic acids is 3. The summed E-state index contributed by atoms with van der Waals surface area (Å²) in [5.74, 6) is 1.05. The van der Waals surface area contributed by atoms with E-state index in [9.17, 15) is 14.4 Å². The quantitative estimate of drug-likeness (QED) is 0.336. The third kappa shape index (κ3) is 8.61. The van der Waals surface area contributed by atoms with Crippen LogP contribution in [-0.2, 0) is 4.74 Å². The molecule has 2 heterocycles. The summed E-state index contributed by atoms with van der Waals surface area (Å²) in [6, 6.07) is 9.19. The summed E-state index contributed by atoms with van der Waals surface area (Å²) >= 11 is 0. The maximum absolute atomic E-state index is 12.3. The van der Waals surface area contributed by atoms with E-state index in [1.165, 1.54) is 32.1 Å². The van der Waals surface area contributed by atoms with E-state index in [2.05, 4.69) is 32.0 Å². The summed E-state index contributed by atoms with van der Waals surface area (Å²) < 4.78 is 5.32. The molecule has 0 unspecified atom stereocenters. The fraction of sp³-hybridized carbons (Fsp3) is 0.484. The summed E-state index contributed by atoms with van der Waals surface area (Å²) in [7, 11) is 1.57. The molecule has 1 saturated heterocycles. The maximum Gasteiger partial charge on any atom is 0.251 e. The standard InChI is InChI=1S/C18H25N3O2.C13H17N3O2/c1-2-21(16-4-3-5-16)18-7-6-15(14-19-18)17(22)8-9-20-10-12-23-13-11-20;1-15-13(18)9-4-5-10(12(14)17)11(6-9)16-7-8-2-3-8/h2,6-7,14,16H,1,3-5,8-13H2;4-6,8,16H,2-3,7H2,1H3,(H2,14,17)(H,15,18). The first-order valence-corrected chi connectivity index (χ1v) is 14.5. The molecule has 41 heavy (non-hydrogen) atoms. The Morgan fingerprint density at radius 3 is 2.41 bits per heavy atom. The number of benzene rings is 1. The number of primary amides is 1. The molecule has 10 nitrogen and oxygen atoms in total. The fourth-order valence-corrected chi connectivity index (χ4v) is 4.79. The number of ketones is 1. The van der Waals surface area contributed by atoms with Gasteiger partial charge in [0.2, 0.25) is 0 Å². The van der Waals surface area contributed by atoms with E-state index in [-0.39, 0.29) is 11.7 Å². The summed E-state index contributed by atoms with van der Waals surface area (Å²) in [6.07, 6.45) is 10.2. The highest BCUT2D eigenvalue weighted by Crippen LogP contribution is 2.30. The number of pyridine rings is 1. The zero-order valence-electron chi connectivity index (χ0n) is 23.9. The molecule has 2 aliphatic carbocycles. The molecule has 2 aromatic rings. The number of nitrogens with one attached hydrogen (secondary N) is 2. The third-order valence-corrected chi connectivity index (χ3v) is 7.81. The molecule has 0 spiro atoms. The van der Waals surface area contributed by atoms with Gasteiger partial charge in [0.25, 0.3) is 11.8 Å². The molecule has 0 radical (unpaired) electrons. The molecule has 3 fully saturated rings. The molecule has 220 valence electrons. The number of anilines is 2. The van der Waals surface area contributed by atoms with Gasteiger partial charge in [0.1, 0.15) is 5.82 Å².